The highest BCUT2D eigenvalue weighted by atomic mass is 35.5. The van der Waals surface area contributed by atoms with Crippen LogP contribution in [0.2, 0.25) is 0 Å². The first-order valence-corrected chi connectivity index (χ1v) is 10.4. The molecule has 0 aromatic rings. The maximum Gasteiger partial charge on any atom is 0.471 e. The second-order valence-corrected chi connectivity index (χ2v) is 8.68. The molecule has 0 aromatic carbocycles. The van der Waals surface area contributed by atoms with E-state index in [1.165, 1.54) is 4.90 Å². The third kappa shape index (κ3) is 12.0. The fourth-order valence-corrected chi connectivity index (χ4v) is 3.17. The summed E-state index contributed by atoms with van der Waals surface area (Å²) < 4.78 is 76.5. The Morgan fingerprint density at radius 1 is 0.912 bits per heavy atom. The van der Waals surface area contributed by atoms with Gasteiger partial charge in [0.1, 0.15) is 5.60 Å². The number of ether oxygens (including phenoxy) is 1. The van der Waals surface area contributed by atoms with E-state index in [-0.39, 0.29) is 31.5 Å². The smallest absolute Gasteiger partial charge is 0.444 e. The van der Waals surface area contributed by atoms with Crippen LogP contribution in [0, 0.1) is 0 Å². The van der Waals surface area contributed by atoms with Gasteiger partial charge < -0.3 is 25.6 Å². The number of likely N-dealkylation sites (tertiary alicyclic amines) is 1. The maximum atomic E-state index is 12.1. The van der Waals surface area contributed by atoms with Gasteiger partial charge >= 0.3 is 30.3 Å². The van der Waals surface area contributed by atoms with E-state index < -0.39 is 41.9 Å². The molecule has 2 aliphatic heterocycles. The lowest BCUT2D eigenvalue weighted by atomic mass is 10.2. The van der Waals surface area contributed by atoms with E-state index in [9.17, 15) is 40.7 Å². The Bertz CT molecular complexity index is 679. The Morgan fingerprint density at radius 3 is 1.88 bits per heavy atom. The largest absolute Gasteiger partial charge is 0.471 e. The van der Waals surface area contributed by atoms with Crippen molar-refractivity contribution in [1.82, 2.24) is 20.9 Å². The summed E-state index contributed by atoms with van der Waals surface area (Å²) in [7, 11) is 0. The van der Waals surface area contributed by atoms with E-state index >= 15 is 0 Å². The van der Waals surface area contributed by atoms with Crippen LogP contribution < -0.4 is 16.0 Å². The van der Waals surface area contributed by atoms with E-state index in [0.29, 0.717) is 19.4 Å². The van der Waals surface area contributed by atoms with Crippen molar-refractivity contribution in [2.24, 2.45) is 0 Å². The summed E-state index contributed by atoms with van der Waals surface area (Å²) >= 11 is 0. The standard InChI is InChI=1S/C12H19F3N2O3.C7H11F3N2O.ClH/c1-11(2,3)20-10(19)17-6-4-5-8(17)7-16-9(18)12(13,14)15;8-7(9,10)6(13)12-4-5-2-1-3-11-5;/h8H,4-7H2,1-3H3,(H,16,18);5,11H,1-4H2,(H,12,13);1H/t8-;5-;/m00./s1. The number of amides is 3. The Labute approximate surface area is 199 Å². The van der Waals surface area contributed by atoms with Gasteiger partial charge in [-0.05, 0) is 53.0 Å². The van der Waals surface area contributed by atoms with Gasteiger partial charge in [-0.25, -0.2) is 4.79 Å². The fraction of sp³-hybridized carbons (Fsp3) is 0.842. The molecule has 3 N–H and O–H groups in total. The summed E-state index contributed by atoms with van der Waals surface area (Å²) in [5.74, 6) is -3.85. The molecule has 15 heteroatoms. The van der Waals surface area contributed by atoms with Crippen LogP contribution in [0.5, 0.6) is 0 Å². The van der Waals surface area contributed by atoms with Gasteiger partial charge in [0.05, 0.1) is 6.04 Å². The van der Waals surface area contributed by atoms with Crippen molar-refractivity contribution < 1.29 is 45.5 Å². The van der Waals surface area contributed by atoms with E-state index in [2.05, 4.69) is 5.32 Å². The maximum absolute atomic E-state index is 12.1. The third-order valence-corrected chi connectivity index (χ3v) is 4.69. The van der Waals surface area contributed by atoms with Crippen molar-refractivity contribution in [2.45, 2.75) is 76.5 Å². The van der Waals surface area contributed by atoms with Crippen molar-refractivity contribution in [3.8, 4) is 0 Å². The second-order valence-electron chi connectivity index (χ2n) is 8.68. The average Bonchev–Trinajstić information content (AvgIpc) is 3.33. The third-order valence-electron chi connectivity index (χ3n) is 4.69. The van der Waals surface area contributed by atoms with Crippen LogP contribution in [0.1, 0.15) is 46.5 Å². The number of carbonyl (C=O) groups excluding carboxylic acids is 3. The number of halogens is 7. The van der Waals surface area contributed by atoms with Gasteiger partial charge in [0.25, 0.3) is 0 Å². The Morgan fingerprint density at radius 2 is 1.44 bits per heavy atom. The summed E-state index contributed by atoms with van der Waals surface area (Å²) in [5.41, 5.74) is -0.667. The normalized spacial score (nSPS) is 20.6. The molecule has 0 radical (unpaired) electrons. The molecule has 8 nitrogen and oxygen atoms in total. The molecule has 200 valence electrons. The number of alkyl halides is 6. The lowest BCUT2D eigenvalue weighted by Gasteiger charge is -2.28. The van der Waals surface area contributed by atoms with Gasteiger partial charge in [0, 0.05) is 25.7 Å². The molecule has 0 bridgehead atoms. The number of hydrogen-bond donors (Lipinski definition) is 3. The Balaban J connectivity index is 0.000000676. The second kappa shape index (κ2) is 13.2. The van der Waals surface area contributed by atoms with Gasteiger partial charge in [0.15, 0.2) is 0 Å². The first-order valence-electron chi connectivity index (χ1n) is 10.4. The molecule has 2 heterocycles. The summed E-state index contributed by atoms with van der Waals surface area (Å²) in [4.78, 5) is 34.4. The van der Waals surface area contributed by atoms with Gasteiger partial charge in [-0.2, -0.15) is 26.3 Å². The molecule has 2 rings (SSSR count). The van der Waals surface area contributed by atoms with Crippen molar-refractivity contribution >= 4 is 30.3 Å². The molecule has 0 saturated carbocycles. The highest BCUT2D eigenvalue weighted by Crippen LogP contribution is 2.21. The Kier molecular flexibility index (Phi) is 12.5. The number of nitrogens with zero attached hydrogens (tertiary/aromatic N) is 1. The monoisotopic (exact) mass is 528 g/mol. The predicted molar refractivity (Wildman–Crippen MR) is 112 cm³/mol. The fourth-order valence-electron chi connectivity index (χ4n) is 3.17. The highest BCUT2D eigenvalue weighted by molar-refractivity contribution is 5.85. The highest BCUT2D eigenvalue weighted by Gasteiger charge is 2.40. The number of nitrogens with one attached hydrogen (secondary N) is 3. The quantitative estimate of drug-likeness (QED) is 0.487. The Hall–Kier alpha value is -1.96. The van der Waals surface area contributed by atoms with Crippen LogP contribution >= 0.6 is 12.4 Å². The van der Waals surface area contributed by atoms with Gasteiger partial charge in [-0.1, -0.05) is 0 Å². The van der Waals surface area contributed by atoms with Crippen LogP contribution in [-0.4, -0.2) is 79.0 Å². The molecular weight excluding hydrogens is 498 g/mol. The summed E-state index contributed by atoms with van der Waals surface area (Å²) in [6, 6.07) is -0.470. The molecule has 2 saturated heterocycles. The van der Waals surface area contributed by atoms with Crippen molar-refractivity contribution in [2.75, 3.05) is 26.2 Å². The lowest BCUT2D eigenvalue weighted by Crippen LogP contribution is -2.47. The van der Waals surface area contributed by atoms with E-state index in [1.807, 2.05) is 5.32 Å². The topological polar surface area (TPSA) is 99.8 Å². The molecule has 0 unspecified atom stereocenters. The number of carbonyl (C=O) groups is 3. The predicted octanol–water partition coefficient (Wildman–Crippen LogP) is 2.90. The molecule has 0 aromatic heterocycles. The number of rotatable bonds is 4. The van der Waals surface area contributed by atoms with Crippen LogP contribution in [-0.2, 0) is 14.3 Å². The van der Waals surface area contributed by atoms with Crippen LogP contribution in [0.15, 0.2) is 0 Å². The molecule has 0 spiro atoms. The van der Waals surface area contributed by atoms with E-state index in [0.717, 1.165) is 19.4 Å². The minimum absolute atomic E-state index is 0. The van der Waals surface area contributed by atoms with Gasteiger partial charge in [-0.15, -0.1) is 12.4 Å². The van der Waals surface area contributed by atoms with E-state index in [4.69, 9.17) is 4.74 Å². The van der Waals surface area contributed by atoms with Crippen LogP contribution in [0.4, 0.5) is 31.1 Å². The SMILES string of the molecule is CC(C)(C)OC(=O)N1CCC[C@H]1CNC(=O)C(F)(F)F.Cl.O=C(NC[C@@H]1CCCN1)C(F)(F)F. The average molecular weight is 529 g/mol. The van der Waals surface area contributed by atoms with Gasteiger partial charge in [0.2, 0.25) is 0 Å². The van der Waals surface area contributed by atoms with Crippen LogP contribution in [0.3, 0.4) is 0 Å². The van der Waals surface area contributed by atoms with Crippen molar-refractivity contribution in [1.29, 1.82) is 0 Å². The van der Waals surface area contributed by atoms with Crippen molar-refractivity contribution in [3.63, 3.8) is 0 Å². The minimum Gasteiger partial charge on any atom is -0.444 e. The molecule has 2 atom stereocenters. The molecular formula is C19H31ClF6N4O4. The summed E-state index contributed by atoms with van der Waals surface area (Å²) in [5, 5.41) is 6.62. The molecule has 2 fully saturated rings. The van der Waals surface area contributed by atoms with Gasteiger partial charge in [-0.3, -0.25) is 9.59 Å². The van der Waals surface area contributed by atoms with Crippen molar-refractivity contribution in [3.05, 3.63) is 0 Å². The first-order chi connectivity index (χ1) is 15.0. The van der Waals surface area contributed by atoms with Crippen LogP contribution in [0.25, 0.3) is 0 Å². The summed E-state index contributed by atoms with van der Waals surface area (Å²) in [6.07, 6.45) is -7.26. The zero-order valence-corrected chi connectivity index (χ0v) is 19.9. The molecule has 2 aliphatic rings. The number of hydrogen-bond acceptors (Lipinski definition) is 5. The van der Waals surface area contributed by atoms with E-state index in [1.54, 1.807) is 26.1 Å². The minimum atomic E-state index is -4.91. The molecule has 0 aliphatic carbocycles. The molecule has 34 heavy (non-hydrogen) atoms. The zero-order valence-electron chi connectivity index (χ0n) is 19.1. The zero-order chi connectivity index (χ0) is 25.4. The molecule has 3 amide bonds. The summed E-state index contributed by atoms with van der Waals surface area (Å²) in [6.45, 7) is 6.19. The lowest BCUT2D eigenvalue weighted by molar-refractivity contribution is -0.173. The first kappa shape index (κ1) is 32.0.